The van der Waals surface area contributed by atoms with Gasteiger partial charge in [0.05, 0.1) is 11.5 Å². The zero-order valence-electron chi connectivity index (χ0n) is 19.1. The fourth-order valence-electron chi connectivity index (χ4n) is 3.60. The number of para-hydroxylation sites is 2. The lowest BCUT2D eigenvalue weighted by atomic mass is 10.1. The number of nitrogens with one attached hydrogen (secondary N) is 1. The van der Waals surface area contributed by atoms with E-state index in [1.165, 1.54) is 12.1 Å². The molecule has 0 unspecified atom stereocenters. The van der Waals surface area contributed by atoms with Gasteiger partial charge in [-0.25, -0.2) is 13.1 Å². The van der Waals surface area contributed by atoms with E-state index in [4.69, 9.17) is 9.47 Å². The third-order valence-electron chi connectivity index (χ3n) is 5.02. The van der Waals surface area contributed by atoms with Gasteiger partial charge >= 0.3 is 0 Å². The molecule has 0 aliphatic carbocycles. The quantitative estimate of drug-likeness (QED) is 0.679. The van der Waals surface area contributed by atoms with Gasteiger partial charge in [-0.3, -0.25) is 4.79 Å². The van der Waals surface area contributed by atoms with Crippen LogP contribution in [0.5, 0.6) is 11.5 Å². The van der Waals surface area contributed by atoms with E-state index in [1.54, 1.807) is 37.8 Å². The number of nitrogens with zero attached hydrogens (tertiary/aromatic N) is 1. The number of piperidine rings is 1. The molecule has 0 atom stereocenters. The second-order valence-corrected chi connectivity index (χ2v) is 10.6. The first kappa shape index (κ1) is 24.1. The summed E-state index contributed by atoms with van der Waals surface area (Å²) in [7, 11) is -3.63. The number of sulfonamides is 1. The molecule has 1 amide bonds. The molecule has 0 spiro atoms. The Morgan fingerprint density at radius 3 is 2.19 bits per heavy atom. The monoisotopic (exact) mass is 460 g/mol. The van der Waals surface area contributed by atoms with Crippen molar-refractivity contribution in [2.75, 3.05) is 19.7 Å². The molecule has 1 saturated heterocycles. The second kappa shape index (κ2) is 9.92. The van der Waals surface area contributed by atoms with Gasteiger partial charge in [-0.15, -0.1) is 0 Å². The van der Waals surface area contributed by atoms with Crippen molar-refractivity contribution in [2.24, 2.45) is 0 Å². The Morgan fingerprint density at radius 2 is 1.62 bits per heavy atom. The Bertz CT molecular complexity index is 1020. The van der Waals surface area contributed by atoms with E-state index in [1.807, 2.05) is 31.2 Å². The maximum atomic E-state index is 12.9. The molecule has 32 heavy (non-hydrogen) atoms. The maximum absolute atomic E-state index is 12.9. The van der Waals surface area contributed by atoms with Crippen molar-refractivity contribution in [3.8, 4) is 11.5 Å². The number of benzene rings is 2. The van der Waals surface area contributed by atoms with Crippen LogP contribution < -0.4 is 14.2 Å². The summed E-state index contributed by atoms with van der Waals surface area (Å²) in [6.45, 7) is 9.00. The van der Waals surface area contributed by atoms with E-state index in [9.17, 15) is 13.2 Å². The van der Waals surface area contributed by atoms with Gasteiger partial charge in [0.15, 0.2) is 11.5 Å². The number of likely N-dealkylation sites (tertiary alicyclic amines) is 1. The predicted molar refractivity (Wildman–Crippen MR) is 124 cm³/mol. The SMILES string of the molecule is CCOc1ccccc1OC1CCN(C(=O)c2ccc(S(=O)(=O)NC(C)(C)C)cc2)CC1. The molecule has 7 nitrogen and oxygen atoms in total. The Morgan fingerprint density at radius 1 is 1.03 bits per heavy atom. The summed E-state index contributed by atoms with van der Waals surface area (Å²) in [6, 6.07) is 13.7. The van der Waals surface area contributed by atoms with Crippen molar-refractivity contribution in [1.82, 2.24) is 9.62 Å². The van der Waals surface area contributed by atoms with Crippen LogP contribution >= 0.6 is 0 Å². The van der Waals surface area contributed by atoms with Crippen molar-refractivity contribution in [3.63, 3.8) is 0 Å². The molecule has 0 saturated carbocycles. The van der Waals surface area contributed by atoms with Crippen molar-refractivity contribution < 1.29 is 22.7 Å². The molecule has 0 bridgehead atoms. The lowest BCUT2D eigenvalue weighted by Crippen LogP contribution is -2.42. The van der Waals surface area contributed by atoms with Crippen LogP contribution in [-0.4, -0.2) is 50.6 Å². The molecule has 1 N–H and O–H groups in total. The Balaban J connectivity index is 1.59. The number of amides is 1. The highest BCUT2D eigenvalue weighted by molar-refractivity contribution is 7.89. The minimum atomic E-state index is -3.63. The topological polar surface area (TPSA) is 84.9 Å². The van der Waals surface area contributed by atoms with Gasteiger partial charge in [0.1, 0.15) is 6.10 Å². The summed E-state index contributed by atoms with van der Waals surface area (Å²) in [5.74, 6) is 1.34. The van der Waals surface area contributed by atoms with Crippen LogP contribution in [0.2, 0.25) is 0 Å². The van der Waals surface area contributed by atoms with Crippen LogP contribution in [0.4, 0.5) is 0 Å². The summed E-state index contributed by atoms with van der Waals surface area (Å²) >= 11 is 0. The molecule has 3 rings (SSSR count). The van der Waals surface area contributed by atoms with E-state index in [2.05, 4.69) is 4.72 Å². The normalized spacial score (nSPS) is 15.4. The van der Waals surface area contributed by atoms with Crippen LogP contribution in [0.3, 0.4) is 0 Å². The zero-order chi connectivity index (χ0) is 23.4. The van der Waals surface area contributed by atoms with Gasteiger partial charge in [-0.1, -0.05) is 12.1 Å². The van der Waals surface area contributed by atoms with Crippen LogP contribution in [0.25, 0.3) is 0 Å². The highest BCUT2D eigenvalue weighted by Gasteiger charge is 2.26. The van der Waals surface area contributed by atoms with Crippen LogP contribution in [0, 0.1) is 0 Å². The lowest BCUT2D eigenvalue weighted by molar-refractivity contribution is 0.0589. The van der Waals surface area contributed by atoms with Gasteiger partial charge in [0.2, 0.25) is 10.0 Å². The molecular weight excluding hydrogens is 428 g/mol. The number of ether oxygens (including phenoxy) is 2. The van der Waals surface area contributed by atoms with Crippen molar-refractivity contribution in [3.05, 3.63) is 54.1 Å². The largest absolute Gasteiger partial charge is 0.490 e. The number of hydrogen-bond donors (Lipinski definition) is 1. The smallest absolute Gasteiger partial charge is 0.253 e. The molecule has 0 aromatic heterocycles. The number of carbonyl (C=O) groups is 1. The number of carbonyl (C=O) groups excluding carboxylic acids is 1. The molecule has 2 aromatic rings. The van der Waals surface area contributed by atoms with Crippen LogP contribution in [-0.2, 0) is 10.0 Å². The summed E-state index contributed by atoms with van der Waals surface area (Å²) in [6.07, 6.45) is 1.44. The first-order valence-corrected chi connectivity index (χ1v) is 12.4. The third-order valence-corrected chi connectivity index (χ3v) is 6.80. The molecular formula is C24H32N2O5S. The number of rotatable bonds is 7. The Labute approximate surface area is 190 Å². The molecule has 2 aromatic carbocycles. The highest BCUT2D eigenvalue weighted by atomic mass is 32.2. The van der Waals surface area contributed by atoms with Crippen molar-refractivity contribution in [1.29, 1.82) is 0 Å². The lowest BCUT2D eigenvalue weighted by Gasteiger charge is -2.32. The van der Waals surface area contributed by atoms with Gasteiger partial charge in [0.25, 0.3) is 5.91 Å². The molecule has 1 aliphatic rings. The van der Waals surface area contributed by atoms with Gasteiger partial charge in [-0.2, -0.15) is 0 Å². The molecule has 1 fully saturated rings. The van der Waals surface area contributed by atoms with Gasteiger partial charge in [-0.05, 0) is 64.1 Å². The second-order valence-electron chi connectivity index (χ2n) is 8.87. The summed E-state index contributed by atoms with van der Waals surface area (Å²) < 4.78 is 39.3. The molecule has 0 radical (unpaired) electrons. The van der Waals surface area contributed by atoms with Crippen molar-refractivity contribution >= 4 is 15.9 Å². The van der Waals surface area contributed by atoms with Crippen LogP contribution in [0.15, 0.2) is 53.4 Å². The molecule has 174 valence electrons. The first-order valence-electron chi connectivity index (χ1n) is 10.9. The van der Waals surface area contributed by atoms with E-state index in [-0.39, 0.29) is 16.9 Å². The van der Waals surface area contributed by atoms with E-state index in [0.29, 0.717) is 38.1 Å². The summed E-state index contributed by atoms with van der Waals surface area (Å²) in [5.41, 5.74) is -0.108. The average molecular weight is 461 g/mol. The van der Waals surface area contributed by atoms with Crippen molar-refractivity contribution in [2.45, 2.75) is 57.1 Å². The van der Waals surface area contributed by atoms with Gasteiger partial charge in [0, 0.05) is 37.0 Å². The summed E-state index contributed by atoms with van der Waals surface area (Å²) in [4.78, 5) is 14.8. The minimum absolute atomic E-state index is 0.0108. The Hall–Kier alpha value is -2.58. The van der Waals surface area contributed by atoms with E-state index >= 15 is 0 Å². The molecule has 8 heteroatoms. The molecule has 1 heterocycles. The van der Waals surface area contributed by atoms with E-state index < -0.39 is 15.6 Å². The average Bonchev–Trinajstić information content (AvgIpc) is 2.74. The van der Waals surface area contributed by atoms with Crippen LogP contribution in [0.1, 0.15) is 50.9 Å². The first-order chi connectivity index (χ1) is 15.1. The summed E-state index contributed by atoms with van der Waals surface area (Å²) in [5, 5.41) is 0. The molecule has 1 aliphatic heterocycles. The predicted octanol–water partition coefficient (Wildman–Crippen LogP) is 3.85. The standard InChI is InChI=1S/C24H32N2O5S/c1-5-30-21-8-6-7-9-22(21)31-19-14-16-26(17-15-19)23(27)18-10-12-20(13-11-18)32(28,29)25-24(2,3)4/h6-13,19,25H,5,14-17H2,1-4H3. The zero-order valence-corrected chi connectivity index (χ0v) is 19.9. The fraction of sp³-hybridized carbons (Fsp3) is 0.458. The maximum Gasteiger partial charge on any atom is 0.253 e. The Kier molecular flexibility index (Phi) is 7.46. The fourth-order valence-corrected chi connectivity index (χ4v) is 5.02. The van der Waals surface area contributed by atoms with Gasteiger partial charge < -0.3 is 14.4 Å². The minimum Gasteiger partial charge on any atom is -0.490 e. The third kappa shape index (κ3) is 6.23. The van der Waals surface area contributed by atoms with E-state index in [0.717, 1.165) is 11.5 Å². The number of hydrogen-bond acceptors (Lipinski definition) is 5. The highest BCUT2D eigenvalue weighted by Crippen LogP contribution is 2.29.